The number of benzene rings is 2. The van der Waals surface area contributed by atoms with Crippen LogP contribution in [0.2, 0.25) is 0 Å². The molecule has 2 N–H and O–H groups in total. The molecule has 4 heteroatoms. The summed E-state index contributed by atoms with van der Waals surface area (Å²) in [7, 11) is 3.42. The number of rotatable bonds is 4. The van der Waals surface area contributed by atoms with Crippen LogP contribution >= 0.6 is 12.4 Å². The molecule has 0 radical (unpaired) electrons. The first-order valence-corrected chi connectivity index (χ1v) is 6.84. The molecule has 0 atom stereocenters. The third-order valence-electron chi connectivity index (χ3n) is 3.97. The van der Waals surface area contributed by atoms with Crippen LogP contribution in [0, 0.1) is 0 Å². The lowest BCUT2D eigenvalue weighted by Crippen LogP contribution is -2.07. The highest BCUT2D eigenvalue weighted by Gasteiger charge is 2.23. The number of halogens is 1. The first-order valence-electron chi connectivity index (χ1n) is 6.84. The van der Waals surface area contributed by atoms with Crippen LogP contribution in [0.1, 0.15) is 16.7 Å². The lowest BCUT2D eigenvalue weighted by Gasteiger charge is -2.13. The predicted molar refractivity (Wildman–Crippen MR) is 87.8 cm³/mol. The second kappa shape index (κ2) is 6.37. The second-order valence-corrected chi connectivity index (χ2v) is 5.01. The summed E-state index contributed by atoms with van der Waals surface area (Å²) < 4.78 is 10.8. The highest BCUT2D eigenvalue weighted by molar-refractivity contribution is 5.85. The number of methoxy groups -OCH3 is 2. The zero-order valence-electron chi connectivity index (χ0n) is 12.3. The van der Waals surface area contributed by atoms with Crippen molar-refractivity contribution in [3.63, 3.8) is 0 Å². The van der Waals surface area contributed by atoms with E-state index in [0.717, 1.165) is 24.3 Å². The average molecular weight is 306 g/mol. The molecule has 0 fully saturated rings. The van der Waals surface area contributed by atoms with Gasteiger partial charge >= 0.3 is 0 Å². The Morgan fingerprint density at radius 3 is 2.48 bits per heavy atom. The fourth-order valence-electron chi connectivity index (χ4n) is 3.03. The lowest BCUT2D eigenvalue weighted by molar-refractivity contribution is 0.409. The standard InChI is InChI=1S/C17H19NO2.ClH/c1-19-12-3-4-13-11(9-12)10-16-14(13)5-6-17(20-2)15(16)7-8-18;/h3-6,9H,7-8,10,18H2,1-2H3;1H. The van der Waals surface area contributed by atoms with Gasteiger partial charge < -0.3 is 15.2 Å². The quantitative estimate of drug-likeness (QED) is 0.805. The van der Waals surface area contributed by atoms with Crippen molar-refractivity contribution in [2.75, 3.05) is 20.8 Å². The zero-order valence-corrected chi connectivity index (χ0v) is 13.1. The third-order valence-corrected chi connectivity index (χ3v) is 3.97. The smallest absolute Gasteiger partial charge is 0.122 e. The minimum absolute atomic E-state index is 0. The minimum Gasteiger partial charge on any atom is -0.497 e. The van der Waals surface area contributed by atoms with Crippen LogP contribution in [0.3, 0.4) is 0 Å². The summed E-state index contributed by atoms with van der Waals surface area (Å²) in [4.78, 5) is 0. The maximum atomic E-state index is 5.75. The molecule has 0 bridgehead atoms. The van der Waals surface area contributed by atoms with Crippen molar-refractivity contribution in [2.45, 2.75) is 12.8 Å². The first-order chi connectivity index (χ1) is 9.78. The number of ether oxygens (including phenoxy) is 2. The maximum absolute atomic E-state index is 5.75. The number of nitrogens with two attached hydrogens (primary N) is 1. The van der Waals surface area contributed by atoms with E-state index in [1.807, 2.05) is 12.1 Å². The van der Waals surface area contributed by atoms with Gasteiger partial charge in [-0.15, -0.1) is 12.4 Å². The number of hydrogen-bond donors (Lipinski definition) is 1. The second-order valence-electron chi connectivity index (χ2n) is 5.01. The van der Waals surface area contributed by atoms with Crippen LogP contribution in [0.4, 0.5) is 0 Å². The van der Waals surface area contributed by atoms with Gasteiger partial charge in [0.05, 0.1) is 14.2 Å². The van der Waals surface area contributed by atoms with E-state index in [2.05, 4.69) is 18.2 Å². The molecular formula is C17H20ClNO2. The van der Waals surface area contributed by atoms with Crippen molar-refractivity contribution < 1.29 is 9.47 Å². The first kappa shape index (κ1) is 15.7. The van der Waals surface area contributed by atoms with Crippen molar-refractivity contribution in [1.82, 2.24) is 0 Å². The molecule has 0 aliphatic heterocycles. The van der Waals surface area contributed by atoms with Gasteiger partial charge in [-0.2, -0.15) is 0 Å². The molecule has 1 aliphatic carbocycles. The van der Waals surface area contributed by atoms with Gasteiger partial charge in [0.15, 0.2) is 0 Å². The van der Waals surface area contributed by atoms with E-state index in [-0.39, 0.29) is 12.4 Å². The molecule has 2 aromatic rings. The van der Waals surface area contributed by atoms with Gasteiger partial charge in [-0.1, -0.05) is 12.1 Å². The maximum Gasteiger partial charge on any atom is 0.122 e. The lowest BCUT2D eigenvalue weighted by atomic mass is 9.98. The third kappa shape index (κ3) is 2.59. The molecule has 2 aromatic carbocycles. The van der Waals surface area contributed by atoms with Crippen LogP contribution < -0.4 is 15.2 Å². The summed E-state index contributed by atoms with van der Waals surface area (Å²) in [5.74, 6) is 1.85. The van der Waals surface area contributed by atoms with Crippen molar-refractivity contribution >= 4 is 12.4 Å². The molecule has 0 heterocycles. The molecule has 1 aliphatic rings. The molecule has 112 valence electrons. The molecule has 0 amide bonds. The Bertz CT molecular complexity index is 655. The van der Waals surface area contributed by atoms with Gasteiger partial charge in [0.2, 0.25) is 0 Å². The van der Waals surface area contributed by atoms with Gasteiger partial charge in [-0.05, 0) is 65.4 Å². The molecule has 0 unspecified atom stereocenters. The van der Waals surface area contributed by atoms with Crippen molar-refractivity contribution in [1.29, 1.82) is 0 Å². The van der Waals surface area contributed by atoms with Crippen LogP contribution in [0.5, 0.6) is 11.5 Å². The molecule has 0 aromatic heterocycles. The summed E-state index contributed by atoms with van der Waals surface area (Å²) in [5.41, 5.74) is 12.2. The van der Waals surface area contributed by atoms with Crippen LogP contribution in [0.25, 0.3) is 11.1 Å². The van der Waals surface area contributed by atoms with E-state index in [9.17, 15) is 0 Å². The summed E-state index contributed by atoms with van der Waals surface area (Å²) in [6, 6.07) is 10.5. The van der Waals surface area contributed by atoms with Gasteiger partial charge in [-0.25, -0.2) is 0 Å². The van der Waals surface area contributed by atoms with E-state index in [1.54, 1.807) is 14.2 Å². The summed E-state index contributed by atoms with van der Waals surface area (Å²) in [6.45, 7) is 0.631. The Labute approximate surface area is 131 Å². The molecular weight excluding hydrogens is 286 g/mol. The Kier molecular flexibility index (Phi) is 4.76. The van der Waals surface area contributed by atoms with Crippen molar-refractivity contribution in [3.05, 3.63) is 47.0 Å². The SMILES string of the molecule is COc1ccc2c(c1)Cc1c-2ccc(OC)c1CCN.Cl. The molecule has 0 saturated carbocycles. The van der Waals surface area contributed by atoms with E-state index in [4.69, 9.17) is 15.2 Å². The topological polar surface area (TPSA) is 44.5 Å². The van der Waals surface area contributed by atoms with Crippen molar-refractivity contribution in [3.8, 4) is 22.6 Å². The summed E-state index contributed by atoms with van der Waals surface area (Å²) in [6.07, 6.45) is 1.77. The van der Waals surface area contributed by atoms with Gasteiger partial charge in [0.1, 0.15) is 11.5 Å². The van der Waals surface area contributed by atoms with Gasteiger partial charge in [-0.3, -0.25) is 0 Å². The normalized spacial score (nSPS) is 11.4. The summed E-state index contributed by atoms with van der Waals surface area (Å²) >= 11 is 0. The van der Waals surface area contributed by atoms with Crippen molar-refractivity contribution in [2.24, 2.45) is 5.73 Å². The van der Waals surface area contributed by atoms with Gasteiger partial charge in [0, 0.05) is 0 Å². The fourth-order valence-corrected chi connectivity index (χ4v) is 3.03. The van der Waals surface area contributed by atoms with E-state index in [1.165, 1.54) is 27.8 Å². The highest BCUT2D eigenvalue weighted by atomic mass is 35.5. The minimum atomic E-state index is 0. The number of fused-ring (bicyclic) bond motifs is 3. The monoisotopic (exact) mass is 305 g/mol. The molecule has 3 nitrogen and oxygen atoms in total. The largest absolute Gasteiger partial charge is 0.497 e. The Morgan fingerprint density at radius 1 is 1.05 bits per heavy atom. The van der Waals surface area contributed by atoms with E-state index >= 15 is 0 Å². The number of hydrogen-bond acceptors (Lipinski definition) is 3. The highest BCUT2D eigenvalue weighted by Crippen LogP contribution is 2.42. The molecule has 0 saturated heterocycles. The molecule has 21 heavy (non-hydrogen) atoms. The fraction of sp³-hybridized carbons (Fsp3) is 0.294. The predicted octanol–water partition coefficient (Wildman–Crippen LogP) is 3.20. The molecule has 0 spiro atoms. The Hall–Kier alpha value is -1.71. The summed E-state index contributed by atoms with van der Waals surface area (Å²) in [5, 5.41) is 0. The van der Waals surface area contributed by atoms with E-state index < -0.39 is 0 Å². The Morgan fingerprint density at radius 2 is 1.81 bits per heavy atom. The van der Waals surface area contributed by atoms with Crippen LogP contribution in [-0.4, -0.2) is 20.8 Å². The molecule has 3 rings (SSSR count). The zero-order chi connectivity index (χ0) is 14.1. The van der Waals surface area contributed by atoms with Crippen LogP contribution in [0.15, 0.2) is 30.3 Å². The van der Waals surface area contributed by atoms with Gasteiger partial charge in [0.25, 0.3) is 0 Å². The Balaban J connectivity index is 0.00000161. The van der Waals surface area contributed by atoms with E-state index in [0.29, 0.717) is 6.54 Å². The van der Waals surface area contributed by atoms with Crippen LogP contribution in [-0.2, 0) is 12.8 Å². The average Bonchev–Trinajstić information content (AvgIpc) is 2.85.